The molecule has 0 aliphatic heterocycles. The minimum Gasteiger partial charge on any atom is -0.478 e. The Morgan fingerprint density at radius 1 is 1.22 bits per heavy atom. The van der Waals surface area contributed by atoms with Gasteiger partial charge in [-0.1, -0.05) is 13.3 Å². The van der Waals surface area contributed by atoms with Gasteiger partial charge in [-0.15, -0.1) is 0 Å². The van der Waals surface area contributed by atoms with Crippen LogP contribution in [0.4, 0.5) is 4.79 Å². The van der Waals surface area contributed by atoms with Gasteiger partial charge >= 0.3 is 12.0 Å². The molecule has 2 unspecified atom stereocenters. The average molecular weight is 254 g/mol. The molecule has 100 valence electrons. The Kier molecular flexibility index (Phi) is 4.47. The van der Waals surface area contributed by atoms with Gasteiger partial charge in [-0.2, -0.15) is 0 Å². The fraction of sp³-hybridized carbons (Fsp3) is 0.583. The topological polar surface area (TPSA) is 95.5 Å². The largest absolute Gasteiger partial charge is 0.478 e. The van der Waals surface area contributed by atoms with Crippen LogP contribution in [0.3, 0.4) is 0 Å². The number of rotatable bonds is 4. The smallest absolute Gasteiger partial charge is 0.331 e. The molecule has 1 saturated carbocycles. The van der Waals surface area contributed by atoms with Gasteiger partial charge in [0.15, 0.2) is 0 Å². The van der Waals surface area contributed by atoms with Crippen molar-refractivity contribution in [1.82, 2.24) is 10.6 Å². The van der Waals surface area contributed by atoms with Crippen LogP contribution in [0.25, 0.3) is 0 Å². The van der Waals surface area contributed by atoms with Gasteiger partial charge in [-0.3, -0.25) is 10.1 Å². The second-order valence-electron chi connectivity index (χ2n) is 4.49. The number of carboxylic acid groups (broad SMARTS) is 1. The van der Waals surface area contributed by atoms with Crippen LogP contribution in [0.5, 0.6) is 0 Å². The third kappa shape index (κ3) is 3.58. The molecule has 0 saturated heterocycles. The van der Waals surface area contributed by atoms with E-state index in [2.05, 4.69) is 10.6 Å². The average Bonchev–Trinajstić information content (AvgIpc) is 3.04. The Hall–Kier alpha value is -1.85. The van der Waals surface area contributed by atoms with Crippen LogP contribution in [-0.2, 0) is 9.59 Å². The molecule has 1 rings (SSSR count). The van der Waals surface area contributed by atoms with Gasteiger partial charge in [0.25, 0.3) is 5.91 Å². The van der Waals surface area contributed by atoms with Crippen LogP contribution >= 0.6 is 0 Å². The van der Waals surface area contributed by atoms with Gasteiger partial charge in [-0.25, -0.2) is 9.59 Å². The Bertz CT molecular complexity index is 414. The Balaban J connectivity index is 2.48. The second kappa shape index (κ2) is 5.66. The molecule has 0 bridgehead atoms. The van der Waals surface area contributed by atoms with Gasteiger partial charge in [-0.05, 0) is 26.2 Å². The molecule has 3 amide bonds. The van der Waals surface area contributed by atoms with E-state index in [1.807, 2.05) is 6.92 Å². The molecule has 2 atom stereocenters. The number of imide groups is 1. The number of urea groups is 1. The highest BCUT2D eigenvalue weighted by atomic mass is 16.4. The predicted molar refractivity (Wildman–Crippen MR) is 64.9 cm³/mol. The number of amides is 3. The van der Waals surface area contributed by atoms with Gasteiger partial charge in [0, 0.05) is 17.2 Å². The molecule has 3 N–H and O–H groups in total. The third-order valence-electron chi connectivity index (χ3n) is 3.21. The summed E-state index contributed by atoms with van der Waals surface area (Å²) in [5, 5.41) is 13.5. The summed E-state index contributed by atoms with van der Waals surface area (Å²) in [5.74, 6) is -1.36. The van der Waals surface area contributed by atoms with Crippen molar-refractivity contribution in [2.45, 2.75) is 39.7 Å². The van der Waals surface area contributed by atoms with E-state index < -0.39 is 17.9 Å². The van der Waals surface area contributed by atoms with Crippen LogP contribution in [0.2, 0.25) is 0 Å². The maximum Gasteiger partial charge on any atom is 0.331 e. The minimum atomic E-state index is -1.17. The van der Waals surface area contributed by atoms with E-state index in [0.717, 1.165) is 12.8 Å². The fourth-order valence-electron chi connectivity index (χ4n) is 1.61. The molecule has 1 fully saturated rings. The van der Waals surface area contributed by atoms with Crippen molar-refractivity contribution in [3.63, 3.8) is 0 Å². The lowest BCUT2D eigenvalue weighted by molar-refractivity contribution is -0.133. The van der Waals surface area contributed by atoms with E-state index >= 15 is 0 Å². The van der Waals surface area contributed by atoms with Crippen LogP contribution in [0, 0.1) is 5.92 Å². The maximum atomic E-state index is 11.6. The number of carbonyl (C=O) groups excluding carboxylic acids is 2. The molecule has 18 heavy (non-hydrogen) atoms. The first-order chi connectivity index (χ1) is 8.36. The molecule has 0 spiro atoms. The molecule has 0 heterocycles. The van der Waals surface area contributed by atoms with Crippen molar-refractivity contribution in [1.29, 1.82) is 0 Å². The Morgan fingerprint density at radius 2 is 1.83 bits per heavy atom. The summed E-state index contributed by atoms with van der Waals surface area (Å²) in [4.78, 5) is 33.7. The SMILES string of the molecule is CCC1CC1NC(=O)NC(=O)C(C)=C(C)C(=O)O. The first kappa shape index (κ1) is 14.2. The lowest BCUT2D eigenvalue weighted by Gasteiger charge is -2.07. The second-order valence-corrected chi connectivity index (χ2v) is 4.49. The summed E-state index contributed by atoms with van der Waals surface area (Å²) in [6.07, 6.45) is 1.93. The Morgan fingerprint density at radius 3 is 2.28 bits per heavy atom. The van der Waals surface area contributed by atoms with E-state index in [1.165, 1.54) is 13.8 Å². The van der Waals surface area contributed by atoms with Gasteiger partial charge in [0.1, 0.15) is 0 Å². The van der Waals surface area contributed by atoms with E-state index in [9.17, 15) is 14.4 Å². The summed E-state index contributed by atoms with van der Waals surface area (Å²) in [6.45, 7) is 4.74. The van der Waals surface area contributed by atoms with Crippen molar-refractivity contribution in [2.75, 3.05) is 0 Å². The quantitative estimate of drug-likeness (QED) is 0.653. The fourth-order valence-corrected chi connectivity index (χ4v) is 1.61. The number of carbonyl (C=O) groups is 3. The first-order valence-corrected chi connectivity index (χ1v) is 5.89. The van der Waals surface area contributed by atoms with Crippen LogP contribution in [0.1, 0.15) is 33.6 Å². The molecule has 0 aromatic carbocycles. The molecule has 0 aromatic heterocycles. The van der Waals surface area contributed by atoms with Crippen LogP contribution in [-0.4, -0.2) is 29.1 Å². The van der Waals surface area contributed by atoms with Crippen LogP contribution < -0.4 is 10.6 Å². The first-order valence-electron chi connectivity index (χ1n) is 5.89. The summed E-state index contributed by atoms with van der Waals surface area (Å²) in [6, 6.07) is -0.439. The highest BCUT2D eigenvalue weighted by Crippen LogP contribution is 2.32. The molecular formula is C12H18N2O4. The molecule has 0 aromatic rings. The molecule has 6 nitrogen and oxygen atoms in total. The summed E-state index contributed by atoms with van der Waals surface area (Å²) in [7, 11) is 0. The molecule has 1 aliphatic rings. The number of hydrogen-bond acceptors (Lipinski definition) is 3. The Labute approximate surface area is 105 Å². The standard InChI is InChI=1S/C12H18N2O4/c1-4-8-5-9(8)13-12(18)14-10(15)6(2)7(3)11(16)17/h8-9H,4-5H2,1-3H3,(H,16,17)(H2,13,14,15,18). The van der Waals surface area contributed by atoms with Gasteiger partial charge in [0.05, 0.1) is 0 Å². The number of carboxylic acids is 1. The van der Waals surface area contributed by atoms with E-state index in [4.69, 9.17) is 5.11 Å². The normalized spacial score (nSPS) is 22.8. The predicted octanol–water partition coefficient (Wildman–Crippen LogP) is 1.03. The van der Waals surface area contributed by atoms with E-state index in [1.54, 1.807) is 0 Å². The lowest BCUT2D eigenvalue weighted by atomic mass is 10.1. The van der Waals surface area contributed by atoms with Crippen molar-refractivity contribution in [2.24, 2.45) is 5.92 Å². The lowest BCUT2D eigenvalue weighted by Crippen LogP contribution is -2.41. The minimum absolute atomic E-state index is 0.0282. The van der Waals surface area contributed by atoms with Crippen LogP contribution in [0.15, 0.2) is 11.1 Å². The third-order valence-corrected chi connectivity index (χ3v) is 3.21. The van der Waals surface area contributed by atoms with E-state index in [0.29, 0.717) is 5.92 Å². The maximum absolute atomic E-state index is 11.6. The van der Waals surface area contributed by atoms with E-state index in [-0.39, 0.29) is 17.2 Å². The van der Waals surface area contributed by atoms with Crippen molar-refractivity contribution < 1.29 is 19.5 Å². The highest BCUT2D eigenvalue weighted by molar-refractivity contribution is 6.07. The summed E-state index contributed by atoms with van der Waals surface area (Å²) < 4.78 is 0. The summed E-state index contributed by atoms with van der Waals surface area (Å²) in [5.41, 5.74) is -0.0429. The zero-order valence-electron chi connectivity index (χ0n) is 10.7. The van der Waals surface area contributed by atoms with Crippen molar-refractivity contribution >= 4 is 17.9 Å². The number of hydrogen-bond donors (Lipinski definition) is 3. The molecular weight excluding hydrogens is 236 g/mol. The zero-order chi connectivity index (χ0) is 13.9. The van der Waals surface area contributed by atoms with Gasteiger partial charge in [0.2, 0.25) is 0 Å². The zero-order valence-corrected chi connectivity index (χ0v) is 10.7. The molecule has 1 aliphatic carbocycles. The summed E-state index contributed by atoms with van der Waals surface area (Å²) >= 11 is 0. The molecule has 6 heteroatoms. The number of nitrogens with one attached hydrogen (secondary N) is 2. The van der Waals surface area contributed by atoms with Gasteiger partial charge < -0.3 is 10.4 Å². The van der Waals surface area contributed by atoms with Crippen molar-refractivity contribution in [3.8, 4) is 0 Å². The molecule has 0 radical (unpaired) electrons. The highest BCUT2D eigenvalue weighted by Gasteiger charge is 2.36. The number of aliphatic carboxylic acids is 1. The van der Waals surface area contributed by atoms with Crippen molar-refractivity contribution in [3.05, 3.63) is 11.1 Å². The monoisotopic (exact) mass is 254 g/mol.